The average Bonchev–Trinajstić information content (AvgIpc) is 3.45. The molecule has 0 radical (unpaired) electrons. The van der Waals surface area contributed by atoms with Gasteiger partial charge in [-0.15, -0.1) is 10.2 Å². The summed E-state index contributed by atoms with van der Waals surface area (Å²) < 4.78 is 7.36. The van der Waals surface area contributed by atoms with E-state index in [9.17, 15) is 14.9 Å². The molecule has 2 aromatic heterocycles. The highest BCUT2D eigenvalue weighted by Crippen LogP contribution is 2.31. The largest absolute Gasteiger partial charge is 0.461 e. The molecule has 0 aliphatic rings. The Balaban J connectivity index is 1.57. The van der Waals surface area contributed by atoms with Gasteiger partial charge >= 0.3 is 0 Å². The van der Waals surface area contributed by atoms with Crippen molar-refractivity contribution in [2.45, 2.75) is 24.3 Å². The van der Waals surface area contributed by atoms with Gasteiger partial charge < -0.3 is 9.73 Å². The van der Waals surface area contributed by atoms with Crippen LogP contribution in [0.4, 0.5) is 11.4 Å². The molecule has 4 rings (SSSR count). The number of hydrogen-bond acceptors (Lipinski definition) is 7. The number of carbonyl (C=O) groups is 1. The fraction of sp³-hybridized carbons (Fsp3) is 0.136. The lowest BCUT2D eigenvalue weighted by atomic mass is 10.2. The van der Waals surface area contributed by atoms with Gasteiger partial charge in [0.2, 0.25) is 11.7 Å². The molecule has 162 valence electrons. The van der Waals surface area contributed by atoms with Crippen LogP contribution in [0.1, 0.15) is 12.5 Å². The number of amides is 1. The van der Waals surface area contributed by atoms with Gasteiger partial charge in [-0.25, -0.2) is 0 Å². The number of rotatable bonds is 7. The number of nitro groups is 1. The van der Waals surface area contributed by atoms with Crippen LogP contribution in [0.5, 0.6) is 0 Å². The van der Waals surface area contributed by atoms with Gasteiger partial charge in [-0.1, -0.05) is 29.5 Å². The number of benzene rings is 2. The van der Waals surface area contributed by atoms with E-state index in [-0.39, 0.29) is 11.6 Å². The summed E-state index contributed by atoms with van der Waals surface area (Å²) in [5, 5.41) is 22.2. The van der Waals surface area contributed by atoms with Crippen molar-refractivity contribution in [3.05, 3.63) is 82.6 Å². The highest BCUT2D eigenvalue weighted by molar-refractivity contribution is 8.00. The molecule has 1 unspecified atom stereocenters. The number of carbonyl (C=O) groups excluding carboxylic acids is 1. The molecule has 1 N–H and O–H groups in total. The summed E-state index contributed by atoms with van der Waals surface area (Å²) in [7, 11) is 0. The predicted octanol–water partition coefficient (Wildman–Crippen LogP) is 4.86. The monoisotopic (exact) mass is 449 g/mol. The molecule has 0 saturated carbocycles. The molecule has 0 fully saturated rings. The number of nitrogens with zero attached hydrogens (tertiary/aromatic N) is 4. The lowest BCUT2D eigenvalue weighted by Crippen LogP contribution is -2.22. The number of thioether (sulfide) groups is 1. The Bertz CT molecular complexity index is 1230. The molecule has 1 atom stereocenters. The molecule has 0 bridgehead atoms. The second-order valence-electron chi connectivity index (χ2n) is 7.01. The Labute approximate surface area is 187 Å². The van der Waals surface area contributed by atoms with Crippen molar-refractivity contribution >= 4 is 29.0 Å². The molecular formula is C22H19N5O4S. The van der Waals surface area contributed by atoms with Crippen molar-refractivity contribution in [1.82, 2.24) is 14.8 Å². The van der Waals surface area contributed by atoms with Gasteiger partial charge in [0.15, 0.2) is 10.9 Å². The van der Waals surface area contributed by atoms with Crippen molar-refractivity contribution in [1.29, 1.82) is 0 Å². The summed E-state index contributed by atoms with van der Waals surface area (Å²) in [6, 6.07) is 17.1. The third-order valence-corrected chi connectivity index (χ3v) is 5.71. The molecular weight excluding hydrogens is 430 g/mol. The zero-order valence-electron chi connectivity index (χ0n) is 17.3. The number of furan rings is 1. The summed E-state index contributed by atoms with van der Waals surface area (Å²) >= 11 is 1.25. The fourth-order valence-electron chi connectivity index (χ4n) is 2.96. The Kier molecular flexibility index (Phi) is 6.04. The van der Waals surface area contributed by atoms with E-state index in [4.69, 9.17) is 4.42 Å². The third kappa shape index (κ3) is 4.54. The van der Waals surface area contributed by atoms with Crippen molar-refractivity contribution in [2.75, 3.05) is 5.32 Å². The van der Waals surface area contributed by atoms with E-state index in [1.807, 2.05) is 35.8 Å². The smallest absolute Gasteiger partial charge is 0.269 e. The lowest BCUT2D eigenvalue weighted by molar-refractivity contribution is -0.384. The van der Waals surface area contributed by atoms with Gasteiger partial charge in [0.05, 0.1) is 16.4 Å². The minimum absolute atomic E-state index is 0.0397. The van der Waals surface area contributed by atoms with Gasteiger partial charge in [-0.2, -0.15) is 0 Å². The summed E-state index contributed by atoms with van der Waals surface area (Å²) in [6.07, 6.45) is 1.57. The van der Waals surface area contributed by atoms with Crippen molar-refractivity contribution in [2.24, 2.45) is 0 Å². The van der Waals surface area contributed by atoms with E-state index in [1.165, 1.54) is 36.0 Å². The maximum absolute atomic E-state index is 12.7. The second-order valence-corrected chi connectivity index (χ2v) is 8.32. The highest BCUT2D eigenvalue weighted by Gasteiger charge is 2.23. The first kappa shape index (κ1) is 21.3. The molecule has 2 aromatic carbocycles. The summed E-state index contributed by atoms with van der Waals surface area (Å²) in [4.78, 5) is 23.0. The van der Waals surface area contributed by atoms with Crippen LogP contribution in [0.3, 0.4) is 0 Å². The molecule has 0 spiro atoms. The second kappa shape index (κ2) is 9.06. The number of non-ortho nitro benzene ring substituents is 1. The quantitative estimate of drug-likeness (QED) is 0.243. The Hall–Kier alpha value is -3.92. The number of nitro benzene ring substituents is 1. The zero-order valence-corrected chi connectivity index (χ0v) is 18.1. The molecule has 32 heavy (non-hydrogen) atoms. The molecule has 1 amide bonds. The maximum atomic E-state index is 12.7. The van der Waals surface area contributed by atoms with E-state index in [0.717, 1.165) is 11.3 Å². The minimum atomic E-state index is -0.511. The third-order valence-electron chi connectivity index (χ3n) is 4.66. The molecule has 9 nitrogen and oxygen atoms in total. The van der Waals surface area contributed by atoms with Gasteiger partial charge in [0, 0.05) is 23.5 Å². The average molecular weight is 449 g/mol. The predicted molar refractivity (Wildman–Crippen MR) is 121 cm³/mol. The van der Waals surface area contributed by atoms with Crippen LogP contribution in [0.2, 0.25) is 0 Å². The van der Waals surface area contributed by atoms with E-state index >= 15 is 0 Å². The Morgan fingerprint density at radius 2 is 1.84 bits per heavy atom. The van der Waals surface area contributed by atoms with Crippen LogP contribution in [-0.2, 0) is 4.79 Å². The number of aryl methyl sites for hydroxylation is 1. The standard InChI is InChI=1S/C22H19N5O4S/c1-14-5-9-17(10-6-14)26-20(19-4-3-13-31-19)24-25-22(26)32-15(2)21(28)23-16-7-11-18(12-8-16)27(29)30/h3-13,15H,1-2H3,(H,23,28). The first-order chi connectivity index (χ1) is 15.4. The number of anilines is 1. The van der Waals surface area contributed by atoms with Gasteiger partial charge in [-0.05, 0) is 50.2 Å². The van der Waals surface area contributed by atoms with Crippen LogP contribution in [0.15, 0.2) is 76.5 Å². The molecule has 0 aliphatic heterocycles. The van der Waals surface area contributed by atoms with Gasteiger partial charge in [0.25, 0.3) is 5.69 Å². The fourth-order valence-corrected chi connectivity index (χ4v) is 3.83. The number of aromatic nitrogens is 3. The summed E-state index contributed by atoms with van der Waals surface area (Å²) in [5.41, 5.74) is 2.40. The van der Waals surface area contributed by atoms with Crippen LogP contribution in [0, 0.1) is 17.0 Å². The first-order valence-corrected chi connectivity index (χ1v) is 10.6. The molecule has 10 heteroatoms. The zero-order chi connectivity index (χ0) is 22.7. The first-order valence-electron chi connectivity index (χ1n) is 9.70. The van der Waals surface area contributed by atoms with Crippen LogP contribution < -0.4 is 5.32 Å². The minimum Gasteiger partial charge on any atom is -0.461 e. The van der Waals surface area contributed by atoms with Crippen LogP contribution >= 0.6 is 11.8 Å². The van der Waals surface area contributed by atoms with Gasteiger partial charge in [0.1, 0.15) is 0 Å². The van der Waals surface area contributed by atoms with E-state index in [1.54, 1.807) is 25.3 Å². The molecule has 0 aliphatic carbocycles. The van der Waals surface area contributed by atoms with E-state index in [2.05, 4.69) is 15.5 Å². The van der Waals surface area contributed by atoms with E-state index < -0.39 is 10.2 Å². The normalized spacial score (nSPS) is 11.8. The number of hydrogen-bond donors (Lipinski definition) is 1. The Morgan fingerprint density at radius 1 is 1.12 bits per heavy atom. The maximum Gasteiger partial charge on any atom is 0.269 e. The van der Waals surface area contributed by atoms with Crippen molar-refractivity contribution in [3.63, 3.8) is 0 Å². The number of nitrogens with one attached hydrogen (secondary N) is 1. The Morgan fingerprint density at radius 3 is 2.47 bits per heavy atom. The molecule has 4 aromatic rings. The molecule has 0 saturated heterocycles. The highest BCUT2D eigenvalue weighted by atomic mass is 32.2. The topological polar surface area (TPSA) is 116 Å². The summed E-state index contributed by atoms with van der Waals surface area (Å²) in [5.74, 6) is 0.832. The SMILES string of the molecule is Cc1ccc(-n2c(SC(C)C(=O)Nc3ccc([N+](=O)[O-])cc3)nnc2-c2ccco2)cc1. The summed E-state index contributed by atoms with van der Waals surface area (Å²) in [6.45, 7) is 3.76. The van der Waals surface area contributed by atoms with Crippen molar-refractivity contribution in [3.8, 4) is 17.3 Å². The van der Waals surface area contributed by atoms with Crippen molar-refractivity contribution < 1.29 is 14.1 Å². The van der Waals surface area contributed by atoms with E-state index in [0.29, 0.717) is 22.4 Å². The van der Waals surface area contributed by atoms with Crippen LogP contribution in [-0.4, -0.2) is 30.8 Å². The lowest BCUT2D eigenvalue weighted by Gasteiger charge is -2.13. The van der Waals surface area contributed by atoms with Crippen LogP contribution in [0.25, 0.3) is 17.3 Å². The molecule has 2 heterocycles. The van der Waals surface area contributed by atoms with Gasteiger partial charge in [-0.3, -0.25) is 19.5 Å².